The van der Waals surface area contributed by atoms with Crippen LogP contribution < -0.4 is 0 Å². The second kappa shape index (κ2) is 4.50. The summed E-state index contributed by atoms with van der Waals surface area (Å²) in [6.07, 6.45) is 0.905. The summed E-state index contributed by atoms with van der Waals surface area (Å²) in [7, 11) is 2.09. The van der Waals surface area contributed by atoms with Crippen molar-refractivity contribution in [1.29, 1.82) is 0 Å². The zero-order chi connectivity index (χ0) is 12.7. The van der Waals surface area contributed by atoms with Crippen LogP contribution in [0.3, 0.4) is 0 Å². The van der Waals surface area contributed by atoms with E-state index in [1.165, 1.54) is 28.0 Å². The molecule has 1 atom stereocenters. The molecular formula is C14H12ClNOS. The number of halogens is 1. The lowest BCUT2D eigenvalue weighted by molar-refractivity contribution is 0.112. The molecule has 0 saturated carbocycles. The lowest BCUT2D eigenvalue weighted by Crippen LogP contribution is -2.16. The molecule has 1 aromatic carbocycles. The van der Waals surface area contributed by atoms with Crippen molar-refractivity contribution in [3.05, 3.63) is 56.2 Å². The molecule has 92 valence electrons. The molecule has 0 aliphatic carbocycles. The first-order valence-electron chi connectivity index (χ1n) is 5.71. The normalized spacial score (nSPS) is 18.9. The quantitative estimate of drug-likeness (QED) is 0.779. The second-order valence-corrected chi connectivity index (χ2v) is 5.94. The first-order valence-corrected chi connectivity index (χ1v) is 6.97. The molecule has 0 radical (unpaired) electrons. The first kappa shape index (κ1) is 11.9. The SMILES string of the molecule is CN1Cc2ccc(Cl)cc2C1c1csc(C=O)c1. The fraction of sp³-hybridized carbons (Fsp3) is 0.214. The van der Waals surface area contributed by atoms with E-state index in [1.807, 2.05) is 18.2 Å². The summed E-state index contributed by atoms with van der Waals surface area (Å²) in [4.78, 5) is 13.8. The molecule has 4 heteroatoms. The number of benzene rings is 1. The average Bonchev–Trinajstić information content (AvgIpc) is 2.92. The smallest absolute Gasteiger partial charge is 0.160 e. The monoisotopic (exact) mass is 277 g/mol. The van der Waals surface area contributed by atoms with Gasteiger partial charge in [0.25, 0.3) is 0 Å². The number of hydrogen-bond donors (Lipinski definition) is 0. The van der Waals surface area contributed by atoms with E-state index in [2.05, 4.69) is 23.4 Å². The molecule has 1 aliphatic rings. The molecule has 1 unspecified atom stereocenters. The van der Waals surface area contributed by atoms with Crippen molar-refractivity contribution in [3.63, 3.8) is 0 Å². The highest BCUT2D eigenvalue weighted by molar-refractivity contribution is 7.11. The van der Waals surface area contributed by atoms with Gasteiger partial charge in [-0.25, -0.2) is 0 Å². The zero-order valence-corrected chi connectivity index (χ0v) is 11.5. The first-order chi connectivity index (χ1) is 8.69. The maximum absolute atomic E-state index is 10.8. The molecule has 0 amide bonds. The van der Waals surface area contributed by atoms with Gasteiger partial charge in [-0.15, -0.1) is 11.3 Å². The number of carbonyl (C=O) groups excluding carboxylic acids is 1. The minimum Gasteiger partial charge on any atom is -0.297 e. The van der Waals surface area contributed by atoms with Gasteiger partial charge < -0.3 is 0 Å². The van der Waals surface area contributed by atoms with Crippen LogP contribution in [0.5, 0.6) is 0 Å². The maximum Gasteiger partial charge on any atom is 0.160 e. The molecule has 1 aliphatic heterocycles. The van der Waals surface area contributed by atoms with Crippen LogP contribution in [-0.4, -0.2) is 18.2 Å². The summed E-state index contributed by atoms with van der Waals surface area (Å²) in [5.74, 6) is 0. The Bertz CT molecular complexity index is 608. The molecule has 2 aromatic rings. The number of rotatable bonds is 2. The summed E-state index contributed by atoms with van der Waals surface area (Å²) in [5, 5.41) is 2.82. The van der Waals surface area contributed by atoms with Crippen LogP contribution in [0.15, 0.2) is 29.6 Å². The average molecular weight is 278 g/mol. The summed E-state index contributed by atoms with van der Waals surface area (Å²) in [6, 6.07) is 8.23. The molecule has 0 saturated heterocycles. The maximum atomic E-state index is 10.8. The van der Waals surface area contributed by atoms with Gasteiger partial charge in [0.15, 0.2) is 6.29 Å². The molecule has 2 nitrogen and oxygen atoms in total. The standard InChI is InChI=1S/C14H12ClNOS/c1-16-6-9-2-3-11(15)5-13(9)14(16)10-4-12(7-17)18-8-10/h2-5,7-8,14H,6H2,1H3. The predicted molar refractivity (Wildman–Crippen MR) is 74.5 cm³/mol. The van der Waals surface area contributed by atoms with E-state index in [-0.39, 0.29) is 6.04 Å². The number of aldehydes is 1. The van der Waals surface area contributed by atoms with Gasteiger partial charge >= 0.3 is 0 Å². The largest absolute Gasteiger partial charge is 0.297 e. The van der Waals surface area contributed by atoms with Crippen LogP contribution >= 0.6 is 22.9 Å². The lowest BCUT2D eigenvalue weighted by atomic mass is 10.0. The van der Waals surface area contributed by atoms with E-state index < -0.39 is 0 Å². The highest BCUT2D eigenvalue weighted by atomic mass is 35.5. The van der Waals surface area contributed by atoms with Gasteiger partial charge in [-0.1, -0.05) is 17.7 Å². The zero-order valence-electron chi connectivity index (χ0n) is 9.89. The molecule has 0 bridgehead atoms. The van der Waals surface area contributed by atoms with Crippen molar-refractivity contribution in [2.75, 3.05) is 7.05 Å². The van der Waals surface area contributed by atoms with Gasteiger partial charge in [-0.2, -0.15) is 0 Å². The minimum atomic E-state index is 0.212. The molecule has 2 heterocycles. The number of carbonyl (C=O) groups is 1. The van der Waals surface area contributed by atoms with Crippen molar-refractivity contribution >= 4 is 29.2 Å². The van der Waals surface area contributed by atoms with Crippen LogP contribution in [0, 0.1) is 0 Å². The van der Waals surface area contributed by atoms with Crippen LogP contribution in [-0.2, 0) is 6.54 Å². The van der Waals surface area contributed by atoms with Crippen molar-refractivity contribution in [2.24, 2.45) is 0 Å². The number of hydrogen-bond acceptors (Lipinski definition) is 3. The summed E-state index contributed by atoms with van der Waals surface area (Å²) >= 11 is 7.57. The third kappa shape index (κ3) is 1.88. The van der Waals surface area contributed by atoms with Gasteiger partial charge in [0.1, 0.15) is 0 Å². The predicted octanol–water partition coefficient (Wildman–Crippen LogP) is 3.75. The Morgan fingerprint density at radius 1 is 1.44 bits per heavy atom. The van der Waals surface area contributed by atoms with E-state index >= 15 is 0 Å². The molecule has 18 heavy (non-hydrogen) atoms. The van der Waals surface area contributed by atoms with Gasteiger partial charge in [-0.05, 0) is 47.3 Å². The minimum absolute atomic E-state index is 0.212. The fourth-order valence-corrected chi connectivity index (χ4v) is 3.48. The highest BCUT2D eigenvalue weighted by Crippen LogP contribution is 2.39. The van der Waals surface area contributed by atoms with E-state index in [4.69, 9.17) is 11.6 Å². The van der Waals surface area contributed by atoms with Crippen molar-refractivity contribution in [2.45, 2.75) is 12.6 Å². The van der Waals surface area contributed by atoms with Crippen molar-refractivity contribution < 1.29 is 4.79 Å². The highest BCUT2D eigenvalue weighted by Gasteiger charge is 2.29. The van der Waals surface area contributed by atoms with E-state index in [9.17, 15) is 4.79 Å². The Kier molecular flexibility index (Phi) is 2.98. The Labute approximate surface area is 115 Å². The summed E-state index contributed by atoms with van der Waals surface area (Å²) in [5.41, 5.74) is 3.73. The summed E-state index contributed by atoms with van der Waals surface area (Å²) < 4.78 is 0. The van der Waals surface area contributed by atoms with Crippen LogP contribution in [0.1, 0.15) is 32.4 Å². The molecule has 0 fully saturated rings. The Balaban J connectivity index is 2.07. The third-order valence-corrected chi connectivity index (χ3v) is 4.45. The lowest BCUT2D eigenvalue weighted by Gasteiger charge is -2.19. The molecule has 3 rings (SSSR count). The van der Waals surface area contributed by atoms with Gasteiger partial charge in [0.05, 0.1) is 10.9 Å². The summed E-state index contributed by atoms with van der Waals surface area (Å²) in [6.45, 7) is 0.920. The number of nitrogens with zero attached hydrogens (tertiary/aromatic N) is 1. The van der Waals surface area contributed by atoms with Gasteiger partial charge in [0, 0.05) is 11.6 Å². The van der Waals surface area contributed by atoms with E-state index in [0.717, 1.165) is 22.7 Å². The third-order valence-electron chi connectivity index (χ3n) is 3.33. The van der Waals surface area contributed by atoms with Crippen LogP contribution in [0.2, 0.25) is 5.02 Å². The fourth-order valence-electron chi connectivity index (χ4n) is 2.57. The van der Waals surface area contributed by atoms with Gasteiger partial charge in [-0.3, -0.25) is 9.69 Å². The molecular weight excluding hydrogens is 266 g/mol. The second-order valence-electron chi connectivity index (χ2n) is 4.56. The Morgan fingerprint density at radius 3 is 3.00 bits per heavy atom. The van der Waals surface area contributed by atoms with Crippen LogP contribution in [0.4, 0.5) is 0 Å². The topological polar surface area (TPSA) is 20.3 Å². The Morgan fingerprint density at radius 2 is 2.28 bits per heavy atom. The van der Waals surface area contributed by atoms with Gasteiger partial charge in [0.2, 0.25) is 0 Å². The number of fused-ring (bicyclic) bond motifs is 1. The molecule has 0 N–H and O–H groups in total. The van der Waals surface area contributed by atoms with Crippen molar-refractivity contribution in [3.8, 4) is 0 Å². The Hall–Kier alpha value is -1.16. The molecule has 0 spiro atoms. The van der Waals surface area contributed by atoms with Crippen LogP contribution in [0.25, 0.3) is 0 Å². The van der Waals surface area contributed by atoms with E-state index in [1.54, 1.807) is 0 Å². The van der Waals surface area contributed by atoms with Crippen molar-refractivity contribution in [1.82, 2.24) is 4.90 Å². The number of thiophene rings is 1. The molecule has 1 aromatic heterocycles. The van der Waals surface area contributed by atoms with E-state index in [0.29, 0.717) is 0 Å².